The standard InChI is InChI=1S/C10H10BrF3N2O3.C2H6/c11-7-1-2-9(16(17)18)8(5-7)15-3-4-19-6-10(12,13)14;1-2/h1-2,5,15H,3-4,6H2;1-2H3. The summed E-state index contributed by atoms with van der Waals surface area (Å²) in [6.07, 6.45) is -4.37. The lowest BCUT2D eigenvalue weighted by molar-refractivity contribution is -0.384. The summed E-state index contributed by atoms with van der Waals surface area (Å²) < 4.78 is 40.4. The number of nitrogens with one attached hydrogen (secondary N) is 1. The number of rotatable bonds is 6. The minimum Gasteiger partial charge on any atom is -0.377 e. The van der Waals surface area contributed by atoms with Crippen LogP contribution in [0.4, 0.5) is 24.5 Å². The highest BCUT2D eigenvalue weighted by Crippen LogP contribution is 2.27. The molecule has 0 spiro atoms. The van der Waals surface area contributed by atoms with E-state index < -0.39 is 17.7 Å². The van der Waals surface area contributed by atoms with Crippen LogP contribution >= 0.6 is 15.9 Å². The van der Waals surface area contributed by atoms with Crippen molar-refractivity contribution in [3.63, 3.8) is 0 Å². The van der Waals surface area contributed by atoms with Crippen molar-refractivity contribution in [3.8, 4) is 0 Å². The number of hydrogen-bond donors (Lipinski definition) is 1. The van der Waals surface area contributed by atoms with Crippen molar-refractivity contribution in [1.82, 2.24) is 0 Å². The number of alkyl halides is 3. The van der Waals surface area contributed by atoms with Gasteiger partial charge < -0.3 is 10.1 Å². The SMILES string of the molecule is CC.O=[N+]([O-])c1ccc(Br)cc1NCCOCC(F)(F)F. The van der Waals surface area contributed by atoms with Crippen LogP contribution in [0.3, 0.4) is 0 Å². The zero-order chi connectivity index (χ0) is 16.5. The van der Waals surface area contributed by atoms with Gasteiger partial charge in [-0.05, 0) is 12.1 Å². The Bertz CT molecular complexity index is 456. The fourth-order valence-electron chi connectivity index (χ4n) is 1.25. The van der Waals surface area contributed by atoms with Crippen LogP contribution in [-0.2, 0) is 4.74 Å². The van der Waals surface area contributed by atoms with Crippen LogP contribution in [-0.4, -0.2) is 30.9 Å². The smallest absolute Gasteiger partial charge is 0.377 e. The average molecular weight is 373 g/mol. The van der Waals surface area contributed by atoms with Crippen LogP contribution in [0.2, 0.25) is 0 Å². The molecule has 0 heterocycles. The highest BCUT2D eigenvalue weighted by atomic mass is 79.9. The maximum Gasteiger partial charge on any atom is 0.411 e. The molecule has 0 unspecified atom stereocenters. The molecule has 5 nitrogen and oxygen atoms in total. The topological polar surface area (TPSA) is 64.4 Å². The van der Waals surface area contributed by atoms with Gasteiger partial charge in [-0.3, -0.25) is 10.1 Å². The summed E-state index contributed by atoms with van der Waals surface area (Å²) in [7, 11) is 0. The molecule has 0 bridgehead atoms. The van der Waals surface area contributed by atoms with Crippen molar-refractivity contribution in [2.24, 2.45) is 0 Å². The first kappa shape index (κ1) is 19.7. The number of nitro groups is 1. The third-order valence-corrected chi connectivity index (χ3v) is 2.48. The Balaban J connectivity index is 0.00000191. The van der Waals surface area contributed by atoms with Gasteiger partial charge in [0, 0.05) is 17.1 Å². The van der Waals surface area contributed by atoms with Gasteiger partial charge in [0.15, 0.2) is 0 Å². The van der Waals surface area contributed by atoms with Crippen LogP contribution in [0.1, 0.15) is 13.8 Å². The maximum absolute atomic E-state index is 11.8. The van der Waals surface area contributed by atoms with E-state index in [0.29, 0.717) is 4.47 Å². The van der Waals surface area contributed by atoms with E-state index in [1.165, 1.54) is 18.2 Å². The predicted molar refractivity (Wildman–Crippen MR) is 77.5 cm³/mol. The van der Waals surface area contributed by atoms with E-state index >= 15 is 0 Å². The van der Waals surface area contributed by atoms with Gasteiger partial charge in [-0.25, -0.2) is 0 Å². The molecule has 9 heteroatoms. The highest BCUT2D eigenvalue weighted by molar-refractivity contribution is 9.10. The average Bonchev–Trinajstić information content (AvgIpc) is 2.39. The Kier molecular flexibility index (Phi) is 8.95. The fraction of sp³-hybridized carbons (Fsp3) is 0.500. The normalized spacial score (nSPS) is 10.6. The number of nitro benzene ring substituents is 1. The highest BCUT2D eigenvalue weighted by Gasteiger charge is 2.27. The minimum absolute atomic E-state index is 0.0351. The summed E-state index contributed by atoms with van der Waals surface area (Å²) in [5, 5.41) is 13.4. The summed E-state index contributed by atoms with van der Waals surface area (Å²) in [6, 6.07) is 4.27. The molecular formula is C12H16BrF3N2O3. The Hall–Kier alpha value is -1.35. The zero-order valence-corrected chi connectivity index (χ0v) is 13.1. The van der Waals surface area contributed by atoms with Gasteiger partial charge in [0.2, 0.25) is 0 Å². The molecule has 0 radical (unpaired) electrons. The molecule has 0 amide bonds. The van der Waals surface area contributed by atoms with Crippen molar-refractivity contribution in [1.29, 1.82) is 0 Å². The van der Waals surface area contributed by atoms with Crippen LogP contribution in [0.25, 0.3) is 0 Å². The van der Waals surface area contributed by atoms with Crippen LogP contribution in [0.5, 0.6) is 0 Å². The van der Waals surface area contributed by atoms with E-state index in [1.807, 2.05) is 13.8 Å². The number of halogens is 4. The summed E-state index contributed by atoms with van der Waals surface area (Å²) in [4.78, 5) is 10.1. The minimum atomic E-state index is -4.37. The summed E-state index contributed by atoms with van der Waals surface area (Å²) in [5.74, 6) is 0. The van der Waals surface area contributed by atoms with E-state index in [9.17, 15) is 23.3 Å². The first-order valence-corrected chi connectivity index (χ1v) is 6.91. The van der Waals surface area contributed by atoms with Crippen molar-refractivity contribution in [3.05, 3.63) is 32.8 Å². The number of hydrogen-bond acceptors (Lipinski definition) is 4. The molecule has 1 N–H and O–H groups in total. The van der Waals surface area contributed by atoms with E-state index in [0.717, 1.165) is 0 Å². The van der Waals surface area contributed by atoms with Gasteiger partial charge in [-0.2, -0.15) is 13.2 Å². The second-order valence-electron chi connectivity index (χ2n) is 3.51. The number of benzene rings is 1. The first-order chi connectivity index (χ1) is 9.79. The molecule has 0 atom stereocenters. The molecule has 1 aromatic rings. The van der Waals surface area contributed by atoms with E-state index in [2.05, 4.69) is 26.0 Å². The molecule has 120 valence electrons. The van der Waals surface area contributed by atoms with Crippen molar-refractivity contribution >= 4 is 27.3 Å². The molecule has 0 saturated carbocycles. The Morgan fingerprint density at radius 1 is 1.38 bits per heavy atom. The number of anilines is 1. The molecule has 0 saturated heterocycles. The monoisotopic (exact) mass is 372 g/mol. The Morgan fingerprint density at radius 3 is 2.52 bits per heavy atom. The maximum atomic E-state index is 11.8. The molecular weight excluding hydrogens is 357 g/mol. The first-order valence-electron chi connectivity index (χ1n) is 6.12. The molecule has 21 heavy (non-hydrogen) atoms. The summed E-state index contributed by atoms with van der Waals surface area (Å²) in [6.45, 7) is 2.49. The van der Waals surface area contributed by atoms with Gasteiger partial charge in [0.25, 0.3) is 5.69 Å². The van der Waals surface area contributed by atoms with Gasteiger partial charge in [-0.15, -0.1) is 0 Å². The second-order valence-corrected chi connectivity index (χ2v) is 4.43. The quantitative estimate of drug-likeness (QED) is 0.457. The molecule has 0 aliphatic rings. The third kappa shape index (κ3) is 8.51. The van der Waals surface area contributed by atoms with Crippen molar-refractivity contribution in [2.45, 2.75) is 20.0 Å². The Morgan fingerprint density at radius 2 is 2.00 bits per heavy atom. The lowest BCUT2D eigenvalue weighted by Gasteiger charge is -2.09. The van der Waals surface area contributed by atoms with Crippen LogP contribution in [0.15, 0.2) is 22.7 Å². The van der Waals surface area contributed by atoms with E-state index in [4.69, 9.17) is 0 Å². The summed E-state index contributed by atoms with van der Waals surface area (Å²) in [5.41, 5.74) is 0.0639. The lowest BCUT2D eigenvalue weighted by Crippen LogP contribution is -2.20. The summed E-state index contributed by atoms with van der Waals surface area (Å²) >= 11 is 3.15. The van der Waals surface area contributed by atoms with Crippen molar-refractivity contribution in [2.75, 3.05) is 25.1 Å². The predicted octanol–water partition coefficient (Wildman–Crippen LogP) is 4.37. The molecule has 1 rings (SSSR count). The third-order valence-electron chi connectivity index (χ3n) is 1.98. The molecule has 0 aliphatic carbocycles. The van der Waals surface area contributed by atoms with Gasteiger partial charge in [0.05, 0.1) is 11.5 Å². The van der Waals surface area contributed by atoms with E-state index in [1.54, 1.807) is 0 Å². The lowest BCUT2D eigenvalue weighted by atomic mass is 10.2. The van der Waals surface area contributed by atoms with Gasteiger partial charge in [-0.1, -0.05) is 29.8 Å². The molecule has 0 aliphatic heterocycles. The van der Waals surface area contributed by atoms with E-state index in [-0.39, 0.29) is 24.5 Å². The van der Waals surface area contributed by atoms with Crippen molar-refractivity contribution < 1.29 is 22.8 Å². The van der Waals surface area contributed by atoms with Gasteiger partial charge >= 0.3 is 6.18 Å². The molecule has 1 aromatic carbocycles. The van der Waals surface area contributed by atoms with Crippen LogP contribution < -0.4 is 5.32 Å². The second kappa shape index (κ2) is 9.56. The zero-order valence-electron chi connectivity index (χ0n) is 11.5. The van der Waals surface area contributed by atoms with Gasteiger partial charge in [0.1, 0.15) is 12.3 Å². The number of nitrogens with zero attached hydrogens (tertiary/aromatic N) is 1. The molecule has 0 fully saturated rings. The fourth-order valence-corrected chi connectivity index (χ4v) is 1.62. The Labute approximate surface area is 128 Å². The van der Waals surface area contributed by atoms with Crippen LogP contribution in [0, 0.1) is 10.1 Å². The molecule has 0 aromatic heterocycles. The number of ether oxygens (including phenoxy) is 1. The largest absolute Gasteiger partial charge is 0.411 e.